The number of rotatable bonds is 3. The maximum atomic E-state index is 10.3. The van der Waals surface area contributed by atoms with Crippen LogP contribution in [0.25, 0.3) is 0 Å². The highest BCUT2D eigenvalue weighted by atomic mass is 16.1. The second kappa shape index (κ2) is 3.54. The Labute approximate surface area is 70.5 Å². The Kier molecular flexibility index (Phi) is 2.44. The van der Waals surface area contributed by atoms with Crippen LogP contribution >= 0.6 is 0 Å². The highest BCUT2D eigenvalue weighted by molar-refractivity contribution is 5.75. The molecule has 1 heterocycles. The zero-order chi connectivity index (χ0) is 8.97. The zero-order valence-corrected chi connectivity index (χ0v) is 6.53. The molecule has 0 aliphatic heterocycles. The minimum Gasteiger partial charge on any atom is -0.335 e. The Morgan fingerprint density at radius 3 is 3.00 bits per heavy atom. The van der Waals surface area contributed by atoms with Gasteiger partial charge in [-0.05, 0) is 6.07 Å². The van der Waals surface area contributed by atoms with Crippen molar-refractivity contribution in [3.63, 3.8) is 0 Å². The van der Waals surface area contributed by atoms with Crippen LogP contribution in [0.5, 0.6) is 0 Å². The average molecular weight is 160 g/mol. The topological polar surface area (TPSA) is 45.8 Å². The molecule has 3 nitrogen and oxygen atoms in total. The minimum absolute atomic E-state index is 0.483. The van der Waals surface area contributed by atoms with Gasteiger partial charge < -0.3 is 4.57 Å². The van der Waals surface area contributed by atoms with Crippen molar-refractivity contribution in [2.24, 2.45) is 0 Å². The Hall–Kier alpha value is -1.82. The van der Waals surface area contributed by atoms with Crippen molar-refractivity contribution in [2.45, 2.75) is 6.54 Å². The summed E-state index contributed by atoms with van der Waals surface area (Å²) >= 11 is 0. The van der Waals surface area contributed by atoms with E-state index in [4.69, 9.17) is 5.26 Å². The minimum atomic E-state index is 0.483. The van der Waals surface area contributed by atoms with E-state index in [0.717, 1.165) is 6.29 Å². The lowest BCUT2D eigenvalue weighted by Gasteiger charge is -1.96. The smallest absolute Gasteiger partial charge is 0.151 e. The molecule has 3 heteroatoms. The van der Waals surface area contributed by atoms with E-state index in [0.29, 0.717) is 17.8 Å². The van der Waals surface area contributed by atoms with Crippen molar-refractivity contribution in [3.05, 3.63) is 36.2 Å². The Bertz CT molecular complexity index is 344. The largest absolute Gasteiger partial charge is 0.335 e. The molecule has 0 aromatic carbocycles. The first-order valence-electron chi connectivity index (χ1n) is 3.48. The molecule has 0 unspecified atom stereocenters. The van der Waals surface area contributed by atoms with E-state index in [-0.39, 0.29) is 0 Å². The predicted molar refractivity (Wildman–Crippen MR) is 44.7 cm³/mol. The number of aromatic nitrogens is 1. The molecule has 0 amide bonds. The lowest BCUT2D eigenvalue weighted by molar-refractivity contribution is 0.112. The Morgan fingerprint density at radius 2 is 2.50 bits per heavy atom. The number of nitriles is 1. The van der Waals surface area contributed by atoms with Gasteiger partial charge in [-0.1, -0.05) is 6.08 Å². The van der Waals surface area contributed by atoms with E-state index in [1.54, 1.807) is 22.9 Å². The van der Waals surface area contributed by atoms with E-state index in [9.17, 15) is 4.79 Å². The molecule has 0 fully saturated rings. The molecule has 0 spiro atoms. The van der Waals surface area contributed by atoms with Gasteiger partial charge in [0.1, 0.15) is 11.8 Å². The van der Waals surface area contributed by atoms with Crippen LogP contribution in [-0.2, 0) is 6.54 Å². The van der Waals surface area contributed by atoms with E-state index in [1.165, 1.54) is 0 Å². The fourth-order valence-corrected chi connectivity index (χ4v) is 0.979. The number of allylic oxidation sites excluding steroid dienone is 1. The van der Waals surface area contributed by atoms with Crippen LogP contribution in [0.1, 0.15) is 16.1 Å². The zero-order valence-electron chi connectivity index (χ0n) is 6.53. The summed E-state index contributed by atoms with van der Waals surface area (Å²) < 4.78 is 1.68. The molecule has 0 aliphatic rings. The van der Waals surface area contributed by atoms with Gasteiger partial charge in [0.25, 0.3) is 0 Å². The van der Waals surface area contributed by atoms with Crippen LogP contribution in [0.2, 0.25) is 0 Å². The van der Waals surface area contributed by atoms with Gasteiger partial charge in [0, 0.05) is 18.3 Å². The first kappa shape index (κ1) is 8.28. The van der Waals surface area contributed by atoms with Crippen LogP contribution < -0.4 is 0 Å². The SMILES string of the molecule is C=CCn1cc(C=O)cc1C#N. The highest BCUT2D eigenvalue weighted by Crippen LogP contribution is 2.05. The standard InChI is InChI=1S/C9H8N2O/c1-2-3-11-6-8(7-12)4-9(11)5-10/h2,4,6-7H,1,3H2. The van der Waals surface area contributed by atoms with Crippen LogP contribution in [0.4, 0.5) is 0 Å². The van der Waals surface area contributed by atoms with Gasteiger partial charge in [-0.15, -0.1) is 6.58 Å². The highest BCUT2D eigenvalue weighted by Gasteiger charge is 2.01. The van der Waals surface area contributed by atoms with Crippen molar-refractivity contribution < 1.29 is 4.79 Å². The molecule has 0 radical (unpaired) electrons. The van der Waals surface area contributed by atoms with E-state index in [2.05, 4.69) is 6.58 Å². The predicted octanol–water partition coefficient (Wildman–Crippen LogP) is 1.36. The molecule has 0 N–H and O–H groups in total. The van der Waals surface area contributed by atoms with Gasteiger partial charge in [-0.25, -0.2) is 0 Å². The maximum absolute atomic E-state index is 10.3. The van der Waals surface area contributed by atoms with Gasteiger partial charge in [0.2, 0.25) is 0 Å². The van der Waals surface area contributed by atoms with Gasteiger partial charge in [-0.3, -0.25) is 4.79 Å². The van der Waals surface area contributed by atoms with Crippen LogP contribution in [0, 0.1) is 11.3 Å². The molecule has 12 heavy (non-hydrogen) atoms. The third-order valence-electron chi connectivity index (χ3n) is 1.49. The molecule has 0 aliphatic carbocycles. The molecule has 0 bridgehead atoms. The summed E-state index contributed by atoms with van der Waals surface area (Å²) in [6.45, 7) is 4.10. The van der Waals surface area contributed by atoms with Crippen molar-refractivity contribution in [1.29, 1.82) is 5.26 Å². The molecule has 1 aromatic rings. The summed E-state index contributed by atoms with van der Waals surface area (Å²) in [4.78, 5) is 10.3. The second-order valence-corrected chi connectivity index (χ2v) is 2.33. The third kappa shape index (κ3) is 1.43. The number of carbonyl (C=O) groups excluding carboxylic acids is 1. The summed E-state index contributed by atoms with van der Waals surface area (Å²) in [6, 6.07) is 3.54. The molecule has 1 rings (SSSR count). The first-order valence-corrected chi connectivity index (χ1v) is 3.48. The second-order valence-electron chi connectivity index (χ2n) is 2.33. The monoisotopic (exact) mass is 160 g/mol. The molecular formula is C9H8N2O. The maximum Gasteiger partial charge on any atom is 0.151 e. The summed E-state index contributed by atoms with van der Waals surface area (Å²) in [5, 5.41) is 8.63. The van der Waals surface area contributed by atoms with Gasteiger partial charge in [0.05, 0.1) is 0 Å². The van der Waals surface area contributed by atoms with Gasteiger partial charge in [-0.2, -0.15) is 5.26 Å². The van der Waals surface area contributed by atoms with Crippen molar-refractivity contribution in [3.8, 4) is 6.07 Å². The molecule has 0 saturated heterocycles. The van der Waals surface area contributed by atoms with Crippen LogP contribution in [0.3, 0.4) is 0 Å². The van der Waals surface area contributed by atoms with Crippen LogP contribution in [-0.4, -0.2) is 10.9 Å². The molecular weight excluding hydrogens is 152 g/mol. The lowest BCUT2D eigenvalue weighted by Crippen LogP contribution is -1.95. The number of hydrogen-bond acceptors (Lipinski definition) is 2. The summed E-state index contributed by atoms with van der Waals surface area (Å²) in [5.74, 6) is 0. The number of aldehydes is 1. The van der Waals surface area contributed by atoms with Gasteiger partial charge in [0.15, 0.2) is 6.29 Å². The van der Waals surface area contributed by atoms with E-state index in [1.807, 2.05) is 6.07 Å². The van der Waals surface area contributed by atoms with Gasteiger partial charge >= 0.3 is 0 Å². The quantitative estimate of drug-likeness (QED) is 0.495. The number of hydrogen-bond donors (Lipinski definition) is 0. The molecule has 1 aromatic heterocycles. The Balaban J connectivity index is 3.09. The number of nitrogens with zero attached hydrogens (tertiary/aromatic N) is 2. The lowest BCUT2D eigenvalue weighted by atomic mass is 10.3. The molecule has 0 saturated carbocycles. The normalized spacial score (nSPS) is 8.92. The Morgan fingerprint density at radius 1 is 1.75 bits per heavy atom. The van der Waals surface area contributed by atoms with E-state index < -0.39 is 0 Å². The van der Waals surface area contributed by atoms with Crippen molar-refractivity contribution in [2.75, 3.05) is 0 Å². The summed E-state index contributed by atoms with van der Waals surface area (Å²) in [7, 11) is 0. The van der Waals surface area contributed by atoms with Crippen LogP contribution in [0.15, 0.2) is 24.9 Å². The number of carbonyl (C=O) groups is 1. The average Bonchev–Trinajstić information content (AvgIpc) is 2.48. The first-order chi connectivity index (χ1) is 5.81. The van der Waals surface area contributed by atoms with Crippen molar-refractivity contribution >= 4 is 6.29 Å². The summed E-state index contributed by atoms with van der Waals surface area (Å²) in [6.07, 6.45) is 4.03. The summed E-state index contributed by atoms with van der Waals surface area (Å²) in [5.41, 5.74) is 1.01. The van der Waals surface area contributed by atoms with Crippen molar-refractivity contribution in [1.82, 2.24) is 4.57 Å². The fraction of sp³-hybridized carbons (Fsp3) is 0.111. The molecule has 60 valence electrons. The fourth-order valence-electron chi connectivity index (χ4n) is 0.979. The third-order valence-corrected chi connectivity index (χ3v) is 1.49. The molecule has 0 atom stereocenters. The van der Waals surface area contributed by atoms with E-state index >= 15 is 0 Å².